The van der Waals surface area contributed by atoms with Gasteiger partial charge in [-0.05, 0) is 31.0 Å². The van der Waals surface area contributed by atoms with Crippen LogP contribution in [0.4, 0.5) is 4.39 Å². The van der Waals surface area contributed by atoms with E-state index in [1.54, 1.807) is 10.9 Å². The minimum Gasteiger partial charge on any atom is -0.382 e. The van der Waals surface area contributed by atoms with Crippen LogP contribution in [0.15, 0.2) is 24.4 Å². The Morgan fingerprint density at radius 1 is 1.45 bits per heavy atom. The summed E-state index contributed by atoms with van der Waals surface area (Å²) in [6.45, 7) is 0. The normalized spacial score (nSPS) is 23.4. The summed E-state index contributed by atoms with van der Waals surface area (Å²) in [5, 5.41) is 18.5. The molecular formula is C13H14ClFN4O. The summed E-state index contributed by atoms with van der Waals surface area (Å²) in [5.74, 6) is -0.458. The van der Waals surface area contributed by atoms with Crippen LogP contribution < -0.4 is 5.73 Å². The second-order valence-corrected chi connectivity index (χ2v) is 5.48. The summed E-state index contributed by atoms with van der Waals surface area (Å²) in [5.41, 5.74) is 6.36. The molecule has 2 aromatic rings. The lowest BCUT2D eigenvalue weighted by Crippen LogP contribution is -2.37. The Bertz CT molecular complexity index is 627. The van der Waals surface area contributed by atoms with Crippen LogP contribution in [0.25, 0.3) is 0 Å². The van der Waals surface area contributed by atoms with E-state index in [0.29, 0.717) is 10.7 Å². The molecule has 3 N–H and O–H groups in total. The Hall–Kier alpha value is -1.50. The van der Waals surface area contributed by atoms with Crippen molar-refractivity contribution in [1.29, 1.82) is 0 Å². The molecule has 0 saturated heterocycles. The van der Waals surface area contributed by atoms with Crippen molar-refractivity contribution < 1.29 is 9.50 Å². The highest BCUT2D eigenvalue weighted by Crippen LogP contribution is 2.32. The zero-order valence-corrected chi connectivity index (χ0v) is 11.3. The van der Waals surface area contributed by atoms with E-state index >= 15 is 0 Å². The Balaban J connectivity index is 1.83. The van der Waals surface area contributed by atoms with Crippen LogP contribution in [-0.2, 0) is 0 Å². The smallest absolute Gasteiger partial charge is 0.126 e. The van der Waals surface area contributed by atoms with E-state index in [1.807, 2.05) is 0 Å². The van der Waals surface area contributed by atoms with Gasteiger partial charge in [-0.1, -0.05) is 16.8 Å². The Kier molecular flexibility index (Phi) is 3.45. The second-order valence-electron chi connectivity index (χ2n) is 5.08. The summed E-state index contributed by atoms with van der Waals surface area (Å²) < 4.78 is 14.9. The van der Waals surface area contributed by atoms with Crippen molar-refractivity contribution in [3.8, 4) is 0 Å². The molecule has 1 aromatic carbocycles. The zero-order valence-electron chi connectivity index (χ0n) is 10.6. The van der Waals surface area contributed by atoms with Crippen LogP contribution in [0.5, 0.6) is 0 Å². The molecule has 1 aromatic heterocycles. The van der Waals surface area contributed by atoms with Crippen LogP contribution in [0.1, 0.15) is 36.2 Å². The van der Waals surface area contributed by atoms with Gasteiger partial charge in [0.2, 0.25) is 0 Å². The fraction of sp³-hybridized carbons (Fsp3) is 0.385. The first-order valence-electron chi connectivity index (χ1n) is 6.35. The molecule has 5 nitrogen and oxygen atoms in total. The number of aliphatic hydroxyl groups excluding tert-OH is 1. The van der Waals surface area contributed by atoms with Crippen molar-refractivity contribution in [2.75, 3.05) is 0 Å². The first-order valence-corrected chi connectivity index (χ1v) is 6.72. The van der Waals surface area contributed by atoms with Gasteiger partial charge in [-0.25, -0.2) is 9.07 Å². The van der Waals surface area contributed by atoms with E-state index in [0.717, 1.165) is 12.8 Å². The molecule has 0 spiro atoms. The van der Waals surface area contributed by atoms with E-state index in [2.05, 4.69) is 10.3 Å². The lowest BCUT2D eigenvalue weighted by atomic mass is 9.88. The third kappa shape index (κ3) is 2.42. The molecule has 0 amide bonds. The Morgan fingerprint density at radius 3 is 2.90 bits per heavy atom. The molecule has 20 heavy (non-hydrogen) atoms. The van der Waals surface area contributed by atoms with Crippen molar-refractivity contribution in [1.82, 2.24) is 15.0 Å². The molecular weight excluding hydrogens is 283 g/mol. The van der Waals surface area contributed by atoms with Crippen LogP contribution in [0.2, 0.25) is 5.02 Å². The molecule has 3 rings (SSSR count). The van der Waals surface area contributed by atoms with Crippen LogP contribution >= 0.6 is 11.6 Å². The monoisotopic (exact) mass is 296 g/mol. The summed E-state index contributed by atoms with van der Waals surface area (Å²) >= 11 is 5.97. The number of hydrogen-bond donors (Lipinski definition) is 2. The van der Waals surface area contributed by atoms with E-state index in [4.69, 9.17) is 17.3 Å². The lowest BCUT2D eigenvalue weighted by Gasteiger charge is -2.31. The fourth-order valence-electron chi connectivity index (χ4n) is 2.32. The average Bonchev–Trinajstić information content (AvgIpc) is 2.86. The fourth-order valence-corrected chi connectivity index (χ4v) is 2.54. The molecule has 0 bridgehead atoms. The standard InChI is InChI=1S/C13H14ClFN4O/c14-11-2-1-7(15)3-10(11)13(20)12-6-19(18-17-12)9-4-8(16)5-9/h1-3,6,8-9,13,20H,4-5,16H2. The third-order valence-electron chi connectivity index (χ3n) is 3.58. The molecule has 1 unspecified atom stereocenters. The van der Waals surface area contributed by atoms with E-state index < -0.39 is 11.9 Å². The minimum atomic E-state index is -1.10. The van der Waals surface area contributed by atoms with E-state index in [-0.39, 0.29) is 17.6 Å². The number of halogens is 2. The molecule has 106 valence electrons. The number of nitrogens with zero attached hydrogens (tertiary/aromatic N) is 3. The van der Waals surface area contributed by atoms with Gasteiger partial charge in [-0.2, -0.15) is 0 Å². The predicted molar refractivity (Wildman–Crippen MR) is 71.7 cm³/mol. The largest absolute Gasteiger partial charge is 0.382 e. The summed E-state index contributed by atoms with van der Waals surface area (Å²) in [4.78, 5) is 0. The maximum atomic E-state index is 13.2. The summed E-state index contributed by atoms with van der Waals surface area (Å²) in [6, 6.07) is 4.28. The minimum absolute atomic E-state index is 0.204. The summed E-state index contributed by atoms with van der Waals surface area (Å²) in [7, 11) is 0. The highest BCUT2D eigenvalue weighted by atomic mass is 35.5. The summed E-state index contributed by atoms with van der Waals surface area (Å²) in [6.07, 6.45) is 2.25. The number of aliphatic hydroxyl groups is 1. The van der Waals surface area contributed by atoms with Crippen molar-refractivity contribution >= 4 is 11.6 Å². The Morgan fingerprint density at radius 2 is 2.20 bits per heavy atom. The number of aromatic nitrogens is 3. The SMILES string of the molecule is NC1CC(n2cc(C(O)c3cc(F)ccc3Cl)nn2)C1. The topological polar surface area (TPSA) is 77.0 Å². The first-order chi connectivity index (χ1) is 9.54. The molecule has 0 radical (unpaired) electrons. The zero-order chi connectivity index (χ0) is 14.3. The predicted octanol–water partition coefficient (Wildman–Crippen LogP) is 1.81. The van der Waals surface area contributed by atoms with Gasteiger partial charge in [0, 0.05) is 16.6 Å². The van der Waals surface area contributed by atoms with Gasteiger partial charge in [0.15, 0.2) is 0 Å². The molecule has 0 aliphatic heterocycles. The molecule has 1 atom stereocenters. The Labute approximate surface area is 120 Å². The highest BCUT2D eigenvalue weighted by molar-refractivity contribution is 6.31. The van der Waals surface area contributed by atoms with Gasteiger partial charge in [-0.15, -0.1) is 5.10 Å². The van der Waals surface area contributed by atoms with Crippen molar-refractivity contribution in [2.45, 2.75) is 31.0 Å². The van der Waals surface area contributed by atoms with Gasteiger partial charge in [0.1, 0.15) is 17.6 Å². The van der Waals surface area contributed by atoms with E-state index in [1.165, 1.54) is 18.2 Å². The van der Waals surface area contributed by atoms with Crippen LogP contribution in [0.3, 0.4) is 0 Å². The van der Waals surface area contributed by atoms with Gasteiger partial charge in [-0.3, -0.25) is 0 Å². The number of hydrogen-bond acceptors (Lipinski definition) is 4. The number of nitrogens with two attached hydrogens (primary N) is 1. The second kappa shape index (κ2) is 5.12. The highest BCUT2D eigenvalue weighted by Gasteiger charge is 2.29. The first kappa shape index (κ1) is 13.5. The maximum absolute atomic E-state index is 13.2. The molecule has 7 heteroatoms. The van der Waals surface area contributed by atoms with Gasteiger partial charge in [0.25, 0.3) is 0 Å². The van der Waals surface area contributed by atoms with E-state index in [9.17, 15) is 9.50 Å². The van der Waals surface area contributed by atoms with Crippen LogP contribution in [0, 0.1) is 5.82 Å². The van der Waals surface area contributed by atoms with Crippen LogP contribution in [-0.4, -0.2) is 26.1 Å². The molecule has 1 heterocycles. The van der Waals surface area contributed by atoms with Crippen molar-refractivity contribution in [2.24, 2.45) is 5.73 Å². The number of benzene rings is 1. The average molecular weight is 297 g/mol. The molecule has 1 fully saturated rings. The third-order valence-corrected chi connectivity index (χ3v) is 3.93. The van der Waals surface area contributed by atoms with Crippen molar-refractivity contribution in [3.05, 3.63) is 46.5 Å². The quantitative estimate of drug-likeness (QED) is 0.905. The lowest BCUT2D eigenvalue weighted by molar-refractivity contribution is 0.214. The maximum Gasteiger partial charge on any atom is 0.126 e. The van der Waals surface area contributed by atoms with Gasteiger partial charge < -0.3 is 10.8 Å². The molecule has 1 aliphatic rings. The molecule has 1 saturated carbocycles. The van der Waals surface area contributed by atoms with Gasteiger partial charge >= 0.3 is 0 Å². The van der Waals surface area contributed by atoms with Crippen molar-refractivity contribution in [3.63, 3.8) is 0 Å². The molecule has 1 aliphatic carbocycles. The number of rotatable bonds is 3. The van der Waals surface area contributed by atoms with Gasteiger partial charge in [0.05, 0.1) is 12.2 Å².